The SMILES string of the molecule is O=C=[PH]1C=CC=C1.[Rh]. The van der Waals surface area contributed by atoms with Gasteiger partial charge in [0.2, 0.25) is 0 Å². The van der Waals surface area contributed by atoms with Crippen LogP contribution in [0.3, 0.4) is 0 Å². The zero-order valence-electron chi connectivity index (χ0n) is 4.05. The topological polar surface area (TPSA) is 17.1 Å². The average Bonchev–Trinajstić information content (AvgIpc) is 2.14. The van der Waals surface area contributed by atoms with Crippen LogP contribution in [0.5, 0.6) is 0 Å². The molecular formula is C5H5OPRh. The monoisotopic (exact) mass is 215 g/mol. The van der Waals surface area contributed by atoms with Crippen LogP contribution in [0, 0.1) is 0 Å². The maximum atomic E-state index is 9.82. The van der Waals surface area contributed by atoms with Gasteiger partial charge in [0, 0.05) is 27.0 Å². The summed E-state index contributed by atoms with van der Waals surface area (Å²) in [5, 5.41) is 0. The van der Waals surface area contributed by atoms with E-state index in [4.69, 9.17) is 0 Å². The predicted octanol–water partition coefficient (Wildman–Crippen LogP) is 1.31. The third-order valence-electron chi connectivity index (χ3n) is 0.781. The van der Waals surface area contributed by atoms with Gasteiger partial charge in [-0.2, -0.15) is 0 Å². The van der Waals surface area contributed by atoms with Gasteiger partial charge in [-0.05, 0) is 11.6 Å². The standard InChI is InChI=1S/C5H5OP.Rh/c6-5-7-3-1-2-4-7;/h1-4,7H;. The molecule has 0 unspecified atom stereocenters. The van der Waals surface area contributed by atoms with Gasteiger partial charge in [-0.25, -0.2) is 4.79 Å². The summed E-state index contributed by atoms with van der Waals surface area (Å²) in [7, 11) is -0.918. The second-order valence-electron chi connectivity index (χ2n) is 1.28. The number of hydrogen-bond acceptors (Lipinski definition) is 1. The van der Waals surface area contributed by atoms with E-state index >= 15 is 0 Å². The summed E-state index contributed by atoms with van der Waals surface area (Å²) in [6, 6.07) is 0. The van der Waals surface area contributed by atoms with Crippen molar-refractivity contribution >= 4 is 13.2 Å². The Morgan fingerprint density at radius 1 is 1.25 bits per heavy atom. The molecule has 1 radical (unpaired) electrons. The fraction of sp³-hybridized carbons (Fsp3) is 0. The summed E-state index contributed by atoms with van der Waals surface area (Å²) >= 11 is 0. The van der Waals surface area contributed by atoms with Crippen LogP contribution in [0.2, 0.25) is 0 Å². The summed E-state index contributed by atoms with van der Waals surface area (Å²) in [6.45, 7) is 0. The van der Waals surface area contributed by atoms with Crippen LogP contribution in [0.25, 0.3) is 0 Å². The Bertz CT molecular complexity index is 163. The Hall–Kier alpha value is 0.113. The molecule has 3 heteroatoms. The van der Waals surface area contributed by atoms with Crippen molar-refractivity contribution in [1.82, 2.24) is 0 Å². The van der Waals surface area contributed by atoms with Crippen molar-refractivity contribution in [2.45, 2.75) is 0 Å². The van der Waals surface area contributed by atoms with Gasteiger partial charge in [-0.3, -0.25) is 0 Å². The van der Waals surface area contributed by atoms with E-state index in [-0.39, 0.29) is 19.5 Å². The van der Waals surface area contributed by atoms with Crippen LogP contribution in [-0.2, 0) is 24.3 Å². The Morgan fingerprint density at radius 2 is 1.75 bits per heavy atom. The summed E-state index contributed by atoms with van der Waals surface area (Å²) in [6.07, 6.45) is 3.78. The number of allylic oxidation sites excluding steroid dienone is 2. The number of carbonyl (C=O) groups excluding carboxylic acids is 1. The first-order valence-electron chi connectivity index (χ1n) is 2.03. The second kappa shape index (κ2) is 4.04. The first-order valence-corrected chi connectivity index (χ1v) is 3.69. The van der Waals surface area contributed by atoms with Crippen molar-refractivity contribution in [3.8, 4) is 0 Å². The van der Waals surface area contributed by atoms with E-state index in [0.29, 0.717) is 0 Å². The molecule has 1 rings (SSSR count). The van der Waals surface area contributed by atoms with Crippen LogP contribution >= 0.6 is 7.55 Å². The molecule has 0 atom stereocenters. The van der Waals surface area contributed by atoms with Crippen LogP contribution in [0.1, 0.15) is 0 Å². The minimum atomic E-state index is -0.918. The van der Waals surface area contributed by atoms with Crippen molar-refractivity contribution in [2.24, 2.45) is 0 Å². The fourth-order valence-electron chi connectivity index (χ4n) is 0.442. The predicted molar refractivity (Wildman–Crippen MR) is 32.3 cm³/mol. The largest absolute Gasteiger partial charge is 0.234 e. The van der Waals surface area contributed by atoms with Crippen molar-refractivity contribution in [1.29, 1.82) is 0 Å². The van der Waals surface area contributed by atoms with Gasteiger partial charge in [0.05, 0.1) is 0 Å². The van der Waals surface area contributed by atoms with Crippen LogP contribution in [-0.4, -0.2) is 5.66 Å². The number of hydrogen-bond donors (Lipinski definition) is 0. The normalized spacial score (nSPS) is 15.5. The van der Waals surface area contributed by atoms with Gasteiger partial charge in [0.1, 0.15) is 5.66 Å². The molecule has 1 aliphatic rings. The molecule has 0 aromatic heterocycles. The van der Waals surface area contributed by atoms with Gasteiger partial charge in [-0.15, -0.1) is 0 Å². The molecule has 8 heavy (non-hydrogen) atoms. The first-order chi connectivity index (χ1) is 3.43. The molecule has 45 valence electrons. The van der Waals surface area contributed by atoms with Gasteiger partial charge in [0.15, 0.2) is 0 Å². The minimum absolute atomic E-state index is 0. The maximum absolute atomic E-state index is 9.82. The van der Waals surface area contributed by atoms with Gasteiger partial charge >= 0.3 is 0 Å². The molecule has 0 bridgehead atoms. The summed E-state index contributed by atoms with van der Waals surface area (Å²) in [4.78, 5) is 9.82. The average molecular weight is 215 g/mol. The Balaban J connectivity index is 0.000000490. The molecule has 1 aliphatic heterocycles. The van der Waals surface area contributed by atoms with Gasteiger partial charge in [0.25, 0.3) is 0 Å². The Morgan fingerprint density at radius 3 is 2.00 bits per heavy atom. The van der Waals surface area contributed by atoms with E-state index in [1.54, 1.807) is 0 Å². The maximum Gasteiger partial charge on any atom is 0.119 e. The van der Waals surface area contributed by atoms with Crippen molar-refractivity contribution < 1.29 is 24.3 Å². The molecule has 0 aliphatic carbocycles. The molecule has 0 spiro atoms. The molecule has 0 saturated heterocycles. The van der Waals surface area contributed by atoms with Crippen molar-refractivity contribution in [3.63, 3.8) is 0 Å². The second-order valence-corrected chi connectivity index (χ2v) is 3.06. The molecule has 1 nitrogen and oxygen atoms in total. The molecule has 0 aromatic rings. The number of rotatable bonds is 0. The Labute approximate surface area is 61.6 Å². The summed E-state index contributed by atoms with van der Waals surface area (Å²) < 4.78 is 0. The minimum Gasteiger partial charge on any atom is -0.234 e. The quantitative estimate of drug-likeness (QED) is 0.439. The molecule has 0 saturated carbocycles. The van der Waals surface area contributed by atoms with E-state index in [1.165, 1.54) is 0 Å². The van der Waals surface area contributed by atoms with E-state index < -0.39 is 7.55 Å². The van der Waals surface area contributed by atoms with E-state index in [2.05, 4.69) is 0 Å². The zero-order chi connectivity index (χ0) is 5.11. The molecule has 0 amide bonds. The first kappa shape index (κ1) is 8.11. The van der Waals surface area contributed by atoms with Crippen LogP contribution in [0.4, 0.5) is 0 Å². The fourth-order valence-corrected chi connectivity index (χ4v) is 1.33. The van der Waals surface area contributed by atoms with E-state index in [9.17, 15) is 4.79 Å². The van der Waals surface area contributed by atoms with E-state index in [0.717, 1.165) is 0 Å². The van der Waals surface area contributed by atoms with Crippen LogP contribution in [0.15, 0.2) is 23.8 Å². The van der Waals surface area contributed by atoms with Gasteiger partial charge in [-0.1, -0.05) is 12.2 Å². The zero-order valence-corrected chi connectivity index (χ0v) is 6.69. The smallest absolute Gasteiger partial charge is 0.119 e. The molecule has 0 aromatic carbocycles. The summed E-state index contributed by atoms with van der Waals surface area (Å²) in [5.74, 6) is 3.80. The van der Waals surface area contributed by atoms with Gasteiger partial charge < -0.3 is 0 Å². The van der Waals surface area contributed by atoms with Crippen molar-refractivity contribution in [3.05, 3.63) is 23.8 Å². The molecule has 1 heterocycles. The molecule has 0 N–H and O–H groups in total. The molecule has 0 fully saturated rings. The van der Waals surface area contributed by atoms with Crippen LogP contribution < -0.4 is 0 Å². The third-order valence-corrected chi connectivity index (χ3v) is 2.12. The molecular weight excluding hydrogens is 210 g/mol. The summed E-state index contributed by atoms with van der Waals surface area (Å²) in [5.41, 5.74) is 1.94. The Kier molecular flexibility index (Phi) is 4.10. The third kappa shape index (κ3) is 1.92. The van der Waals surface area contributed by atoms with Crippen molar-refractivity contribution in [2.75, 3.05) is 0 Å². The van der Waals surface area contributed by atoms with E-state index in [1.807, 2.05) is 29.4 Å².